The summed E-state index contributed by atoms with van der Waals surface area (Å²) in [6.45, 7) is 0. The highest BCUT2D eigenvalue weighted by molar-refractivity contribution is 9.10. The fourth-order valence-electron chi connectivity index (χ4n) is 5.71. The van der Waals surface area contributed by atoms with Gasteiger partial charge in [-0.05, 0) is 44.3 Å². The zero-order chi connectivity index (χ0) is 21.4. The maximum Gasteiger partial charge on any atom is 0.270 e. The first-order chi connectivity index (χ1) is 15.0. The lowest BCUT2D eigenvalue weighted by Crippen LogP contribution is -2.41. The van der Waals surface area contributed by atoms with Crippen LogP contribution in [-0.4, -0.2) is 16.7 Å². The van der Waals surface area contributed by atoms with Crippen LogP contribution >= 0.6 is 15.9 Å². The number of hydrogen-bond acceptors (Lipinski definition) is 4. The molecule has 0 aromatic heterocycles. The Morgan fingerprint density at radius 2 is 1.23 bits per heavy atom. The standard InChI is InChI=1S/C24H15BrN2O4/c25-17-11-12(27(30)31)9-10-18(17)26-23(28)21-19-13-5-1-2-6-14(13)20(22(21)24(26)29)16-8-4-3-7-15(16)19/h1-11,19-22H/t19?,20?,21-,22+. The molecule has 0 saturated carbocycles. The quantitative estimate of drug-likeness (QED) is 0.304. The molecular formula is C24H15BrN2O4. The van der Waals surface area contributed by atoms with Crippen molar-refractivity contribution in [1.29, 1.82) is 0 Å². The third-order valence-corrected chi connectivity index (χ3v) is 7.47. The third kappa shape index (κ3) is 2.32. The van der Waals surface area contributed by atoms with Gasteiger partial charge in [0, 0.05) is 28.4 Å². The molecule has 1 fully saturated rings. The minimum absolute atomic E-state index is 0.105. The first-order valence-corrected chi connectivity index (χ1v) is 10.8. The summed E-state index contributed by atoms with van der Waals surface area (Å²) in [5.41, 5.74) is 4.68. The van der Waals surface area contributed by atoms with Crippen LogP contribution in [0.4, 0.5) is 11.4 Å². The number of amides is 2. The minimum atomic E-state index is -0.505. The van der Waals surface area contributed by atoms with Crippen LogP contribution in [0.25, 0.3) is 0 Å². The fourth-order valence-corrected chi connectivity index (χ4v) is 6.25. The van der Waals surface area contributed by atoms with Gasteiger partial charge in [-0.25, -0.2) is 4.90 Å². The predicted molar refractivity (Wildman–Crippen MR) is 117 cm³/mol. The molecule has 2 amide bonds. The zero-order valence-electron chi connectivity index (χ0n) is 16.1. The van der Waals surface area contributed by atoms with Crippen LogP contribution < -0.4 is 4.90 Å². The molecule has 3 aromatic carbocycles. The number of halogens is 1. The molecule has 0 unspecified atom stereocenters. The molecule has 2 bridgehead atoms. The highest BCUT2D eigenvalue weighted by atomic mass is 79.9. The van der Waals surface area contributed by atoms with Gasteiger partial charge >= 0.3 is 0 Å². The van der Waals surface area contributed by atoms with E-state index in [1.165, 1.54) is 23.1 Å². The van der Waals surface area contributed by atoms with Gasteiger partial charge in [-0.15, -0.1) is 0 Å². The van der Waals surface area contributed by atoms with E-state index in [0.29, 0.717) is 10.2 Å². The summed E-state index contributed by atoms with van der Waals surface area (Å²) in [7, 11) is 0. The summed E-state index contributed by atoms with van der Waals surface area (Å²) in [6, 6.07) is 20.2. The number of imide groups is 1. The number of nitro groups is 1. The van der Waals surface area contributed by atoms with E-state index in [2.05, 4.69) is 40.2 Å². The van der Waals surface area contributed by atoms with Gasteiger partial charge in [0.05, 0.1) is 22.4 Å². The van der Waals surface area contributed by atoms with Crippen LogP contribution in [0.3, 0.4) is 0 Å². The van der Waals surface area contributed by atoms with E-state index >= 15 is 0 Å². The Kier molecular flexibility index (Phi) is 3.77. The number of nitrogens with zero attached hydrogens (tertiary/aromatic N) is 2. The monoisotopic (exact) mass is 474 g/mol. The van der Waals surface area contributed by atoms with Crippen molar-refractivity contribution in [1.82, 2.24) is 0 Å². The summed E-state index contributed by atoms with van der Waals surface area (Å²) in [5, 5.41) is 11.1. The molecule has 2 atom stereocenters. The summed E-state index contributed by atoms with van der Waals surface area (Å²) < 4.78 is 0.351. The summed E-state index contributed by atoms with van der Waals surface area (Å²) in [4.78, 5) is 39.2. The van der Waals surface area contributed by atoms with E-state index in [1.54, 1.807) is 0 Å². The maximum atomic E-state index is 13.7. The highest BCUT2D eigenvalue weighted by Gasteiger charge is 2.61. The average molecular weight is 475 g/mol. The number of rotatable bonds is 2. The van der Waals surface area contributed by atoms with Crippen molar-refractivity contribution >= 4 is 39.1 Å². The fraction of sp³-hybridized carbons (Fsp3) is 0.167. The third-order valence-electron chi connectivity index (χ3n) is 6.83. The summed E-state index contributed by atoms with van der Waals surface area (Å²) >= 11 is 3.33. The van der Waals surface area contributed by atoms with Gasteiger partial charge in [0.25, 0.3) is 5.69 Å². The first kappa shape index (κ1) is 18.4. The summed E-state index contributed by atoms with van der Waals surface area (Å²) in [5.74, 6) is -1.82. The number of anilines is 1. The van der Waals surface area contributed by atoms with E-state index in [4.69, 9.17) is 0 Å². The molecule has 3 aromatic rings. The topological polar surface area (TPSA) is 80.5 Å². The van der Waals surface area contributed by atoms with Crippen molar-refractivity contribution in [2.45, 2.75) is 11.8 Å². The van der Waals surface area contributed by atoms with Crippen molar-refractivity contribution in [3.63, 3.8) is 0 Å². The molecular weight excluding hydrogens is 460 g/mol. The average Bonchev–Trinajstić information content (AvgIpc) is 3.04. The first-order valence-electron chi connectivity index (χ1n) is 9.98. The number of hydrogen-bond donors (Lipinski definition) is 0. The number of benzene rings is 3. The second-order valence-electron chi connectivity index (χ2n) is 8.17. The molecule has 3 aliphatic carbocycles. The molecule has 1 saturated heterocycles. The lowest BCUT2D eigenvalue weighted by molar-refractivity contribution is -0.384. The largest absolute Gasteiger partial charge is 0.274 e. The maximum absolute atomic E-state index is 13.7. The van der Waals surface area contributed by atoms with Crippen LogP contribution in [0.2, 0.25) is 0 Å². The van der Waals surface area contributed by atoms with E-state index in [0.717, 1.165) is 22.3 Å². The van der Waals surface area contributed by atoms with Gasteiger partial charge in [-0.2, -0.15) is 0 Å². The Balaban J connectivity index is 1.53. The van der Waals surface area contributed by atoms with Gasteiger partial charge < -0.3 is 0 Å². The number of nitro benzene ring substituents is 1. The van der Waals surface area contributed by atoms with E-state index in [9.17, 15) is 19.7 Å². The van der Waals surface area contributed by atoms with Gasteiger partial charge in [-0.1, -0.05) is 48.5 Å². The SMILES string of the molecule is O=C1[C@@H]2C3c4ccccc4C(c4ccccc43)[C@@H]2C(=O)N1c1ccc([N+](=O)[O-])cc1Br. The summed E-state index contributed by atoms with van der Waals surface area (Å²) in [6.07, 6.45) is 0. The second-order valence-corrected chi connectivity index (χ2v) is 9.02. The number of non-ortho nitro benzene ring substituents is 1. The Hall–Kier alpha value is -3.32. The lowest BCUT2D eigenvalue weighted by Gasteiger charge is -2.45. The zero-order valence-corrected chi connectivity index (χ0v) is 17.7. The van der Waals surface area contributed by atoms with Gasteiger partial charge in [0.1, 0.15) is 0 Å². The molecule has 7 heteroatoms. The number of carbonyl (C=O) groups is 2. The smallest absolute Gasteiger partial charge is 0.270 e. The van der Waals surface area contributed by atoms with E-state index in [1.807, 2.05) is 24.3 Å². The minimum Gasteiger partial charge on any atom is -0.274 e. The molecule has 1 heterocycles. The Labute approximate surface area is 185 Å². The van der Waals surface area contributed by atoms with Gasteiger partial charge in [-0.3, -0.25) is 19.7 Å². The molecule has 6 nitrogen and oxygen atoms in total. The van der Waals surface area contributed by atoms with E-state index in [-0.39, 0.29) is 29.3 Å². The Morgan fingerprint density at radius 1 is 0.774 bits per heavy atom. The van der Waals surface area contributed by atoms with Crippen LogP contribution in [0.15, 0.2) is 71.2 Å². The molecule has 4 aliphatic rings. The van der Waals surface area contributed by atoms with Crippen LogP contribution in [0.1, 0.15) is 34.1 Å². The van der Waals surface area contributed by atoms with Crippen molar-refractivity contribution < 1.29 is 14.5 Å². The van der Waals surface area contributed by atoms with Crippen LogP contribution in [0.5, 0.6) is 0 Å². The van der Waals surface area contributed by atoms with Gasteiger partial charge in [0.15, 0.2) is 0 Å². The normalized spacial score (nSPS) is 25.3. The van der Waals surface area contributed by atoms with Crippen molar-refractivity contribution in [3.05, 3.63) is 104 Å². The highest BCUT2D eigenvalue weighted by Crippen LogP contribution is 2.61. The van der Waals surface area contributed by atoms with Crippen molar-refractivity contribution in [2.75, 3.05) is 4.90 Å². The molecule has 0 N–H and O–H groups in total. The Morgan fingerprint density at radius 3 is 1.61 bits per heavy atom. The molecule has 0 radical (unpaired) electrons. The van der Waals surface area contributed by atoms with Crippen LogP contribution in [0, 0.1) is 22.0 Å². The molecule has 31 heavy (non-hydrogen) atoms. The Bertz CT molecular complexity index is 1200. The van der Waals surface area contributed by atoms with Crippen LogP contribution in [-0.2, 0) is 9.59 Å². The number of carbonyl (C=O) groups excluding carboxylic acids is 2. The van der Waals surface area contributed by atoms with Crippen molar-refractivity contribution in [2.24, 2.45) is 11.8 Å². The molecule has 0 spiro atoms. The van der Waals surface area contributed by atoms with Gasteiger partial charge in [0.2, 0.25) is 11.8 Å². The molecule has 7 rings (SSSR count). The van der Waals surface area contributed by atoms with E-state index < -0.39 is 16.8 Å². The van der Waals surface area contributed by atoms with Crippen molar-refractivity contribution in [3.8, 4) is 0 Å². The second kappa shape index (κ2) is 6.34. The molecule has 152 valence electrons. The predicted octanol–water partition coefficient (Wildman–Crippen LogP) is 4.75. The molecule has 1 aliphatic heterocycles. The lowest BCUT2D eigenvalue weighted by atomic mass is 9.55.